The highest BCUT2D eigenvalue weighted by Gasteiger charge is 2.37. The van der Waals surface area contributed by atoms with E-state index >= 15 is 0 Å². The molecule has 0 radical (unpaired) electrons. The van der Waals surface area contributed by atoms with Gasteiger partial charge in [-0.15, -0.1) is 0 Å². The molecule has 1 nitrogen and oxygen atoms in total. The van der Waals surface area contributed by atoms with Crippen LogP contribution in [0.4, 0.5) is 0 Å². The van der Waals surface area contributed by atoms with E-state index in [1.54, 1.807) is 0 Å². The zero-order valence-electron chi connectivity index (χ0n) is 24.7. The van der Waals surface area contributed by atoms with Crippen molar-refractivity contribution in [1.29, 1.82) is 0 Å². The van der Waals surface area contributed by atoms with E-state index in [9.17, 15) is 0 Å². The third kappa shape index (κ3) is 4.16. The zero-order chi connectivity index (χ0) is 29.6. The third-order valence-corrected chi connectivity index (χ3v) is 9.19. The molecule has 5 aromatic carbocycles. The Bertz CT molecular complexity index is 2250. The summed E-state index contributed by atoms with van der Waals surface area (Å²) in [5.41, 5.74) is 11.6. The summed E-state index contributed by atoms with van der Waals surface area (Å²) < 4.78 is 6.62. The van der Waals surface area contributed by atoms with Gasteiger partial charge in [-0.2, -0.15) is 0 Å². The second-order valence-electron chi connectivity index (χ2n) is 11.6. The molecule has 0 amide bonds. The highest BCUT2D eigenvalue weighted by atomic mass is 16.3. The van der Waals surface area contributed by atoms with E-state index in [0.29, 0.717) is 0 Å². The van der Waals surface area contributed by atoms with Gasteiger partial charge in [0.2, 0.25) is 0 Å². The van der Waals surface area contributed by atoms with Crippen LogP contribution in [0.1, 0.15) is 24.0 Å². The van der Waals surface area contributed by atoms with Crippen LogP contribution in [0.15, 0.2) is 179 Å². The Hall–Kier alpha value is -5.40. The maximum absolute atomic E-state index is 6.62. The number of rotatable bonds is 4. The minimum atomic E-state index is 0.0738. The van der Waals surface area contributed by atoms with Crippen molar-refractivity contribution >= 4 is 38.3 Å². The quantitative estimate of drug-likeness (QED) is 0.208. The molecule has 0 aliphatic heterocycles. The predicted octanol–water partition coefficient (Wildman–Crippen LogP) is 11.8. The molecular formula is C43H32O. The maximum atomic E-state index is 6.62. The lowest BCUT2D eigenvalue weighted by atomic mass is 9.64. The number of fused-ring (bicyclic) bond motifs is 6. The van der Waals surface area contributed by atoms with Crippen LogP contribution < -0.4 is 0 Å². The van der Waals surface area contributed by atoms with E-state index in [2.05, 4.69) is 159 Å². The first-order chi connectivity index (χ1) is 21.7. The Balaban J connectivity index is 1.34. The topological polar surface area (TPSA) is 13.1 Å². The van der Waals surface area contributed by atoms with E-state index in [-0.39, 0.29) is 11.8 Å². The molecular weight excluding hydrogens is 532 g/mol. The van der Waals surface area contributed by atoms with E-state index in [4.69, 9.17) is 11.0 Å². The van der Waals surface area contributed by atoms with Crippen LogP contribution in [0.5, 0.6) is 0 Å². The average Bonchev–Trinajstić information content (AvgIpc) is 3.46. The molecule has 1 aromatic heterocycles. The Morgan fingerprint density at radius 3 is 2.36 bits per heavy atom. The molecule has 0 spiro atoms. The third-order valence-electron chi connectivity index (χ3n) is 9.19. The highest BCUT2D eigenvalue weighted by molar-refractivity contribution is 6.15. The van der Waals surface area contributed by atoms with Crippen LogP contribution in [0.3, 0.4) is 0 Å². The molecule has 210 valence electrons. The number of hydrogen-bond acceptors (Lipinski definition) is 1. The average molecular weight is 565 g/mol. The van der Waals surface area contributed by atoms with Gasteiger partial charge in [-0.25, -0.2) is 0 Å². The summed E-state index contributed by atoms with van der Waals surface area (Å²) in [5, 5.41) is 4.64. The number of allylic oxidation sites excluding steroid dienone is 11. The van der Waals surface area contributed by atoms with Crippen molar-refractivity contribution in [3.8, 4) is 11.1 Å². The zero-order valence-corrected chi connectivity index (χ0v) is 24.7. The number of benzene rings is 5. The molecule has 2 unspecified atom stereocenters. The molecule has 44 heavy (non-hydrogen) atoms. The summed E-state index contributed by atoms with van der Waals surface area (Å²) >= 11 is 0. The van der Waals surface area contributed by atoms with Crippen LogP contribution in [0.2, 0.25) is 0 Å². The largest absolute Gasteiger partial charge is 0.455 e. The normalized spacial score (nSPS) is 19.2. The second kappa shape index (κ2) is 10.7. The maximum Gasteiger partial charge on any atom is 0.143 e. The van der Waals surface area contributed by atoms with Crippen molar-refractivity contribution < 1.29 is 4.42 Å². The van der Waals surface area contributed by atoms with Gasteiger partial charge in [-0.1, -0.05) is 146 Å². The summed E-state index contributed by atoms with van der Waals surface area (Å²) in [7, 11) is 0. The molecule has 0 N–H and O–H groups in total. The lowest BCUT2D eigenvalue weighted by Crippen LogP contribution is -2.24. The molecule has 0 bridgehead atoms. The monoisotopic (exact) mass is 564 g/mol. The van der Waals surface area contributed by atoms with Gasteiger partial charge in [0.15, 0.2) is 0 Å². The van der Waals surface area contributed by atoms with Gasteiger partial charge in [0, 0.05) is 28.0 Å². The number of hydrogen-bond donors (Lipinski definition) is 0. The van der Waals surface area contributed by atoms with Crippen LogP contribution in [0, 0.1) is 5.92 Å². The Labute approximate surface area is 258 Å². The van der Waals surface area contributed by atoms with Crippen molar-refractivity contribution in [2.45, 2.75) is 12.8 Å². The highest BCUT2D eigenvalue weighted by Crippen LogP contribution is 2.53. The van der Waals surface area contributed by atoms with Crippen molar-refractivity contribution in [2.24, 2.45) is 5.92 Å². The van der Waals surface area contributed by atoms with Crippen LogP contribution in [-0.2, 0) is 0 Å². The molecule has 0 saturated heterocycles. The Morgan fingerprint density at radius 2 is 1.50 bits per heavy atom. The summed E-state index contributed by atoms with van der Waals surface area (Å²) in [6, 6.07) is 39.0. The minimum Gasteiger partial charge on any atom is -0.455 e. The smallest absolute Gasteiger partial charge is 0.143 e. The minimum absolute atomic E-state index is 0.0738. The lowest BCUT2D eigenvalue weighted by molar-refractivity contribution is 0.640. The SMILES string of the molecule is C=C1/C(=C\C=C/C)C(c2ccccc2-c2ccccc2)=C2C=CC=CC2C1c1ccc2c(c1)oc1c3ccccc3ccc21. The van der Waals surface area contributed by atoms with Crippen molar-refractivity contribution in [2.75, 3.05) is 0 Å². The summed E-state index contributed by atoms with van der Waals surface area (Å²) in [6.45, 7) is 6.88. The molecule has 8 rings (SSSR count). The second-order valence-corrected chi connectivity index (χ2v) is 11.6. The fourth-order valence-electron chi connectivity index (χ4n) is 7.18. The van der Waals surface area contributed by atoms with Gasteiger partial charge in [0.1, 0.15) is 11.2 Å². The molecule has 0 fully saturated rings. The van der Waals surface area contributed by atoms with Crippen LogP contribution in [0.25, 0.3) is 49.4 Å². The predicted molar refractivity (Wildman–Crippen MR) is 187 cm³/mol. The van der Waals surface area contributed by atoms with Crippen molar-refractivity contribution in [3.63, 3.8) is 0 Å². The Kier molecular flexibility index (Phi) is 6.38. The van der Waals surface area contributed by atoms with Gasteiger partial charge in [-0.3, -0.25) is 0 Å². The molecule has 2 aliphatic carbocycles. The molecule has 1 heterocycles. The van der Waals surface area contributed by atoms with Crippen molar-refractivity contribution in [1.82, 2.24) is 0 Å². The van der Waals surface area contributed by atoms with Crippen LogP contribution in [-0.4, -0.2) is 0 Å². The first-order valence-corrected chi connectivity index (χ1v) is 15.3. The first kappa shape index (κ1) is 26.2. The van der Waals surface area contributed by atoms with Gasteiger partial charge >= 0.3 is 0 Å². The molecule has 1 heteroatoms. The standard InChI is InChI=1S/C43H32O/c1-3-4-17-32-28(2)41(31-24-25-35-39-26-23-30-16-8-9-19-34(30)43(39)44-40(35)27-31)37-21-12-13-22-38(37)42(32)36-20-11-10-18-33(36)29-14-6-5-7-15-29/h3-27,37,41H,2H2,1H3/b4-3-,32-17+. The van der Waals surface area contributed by atoms with E-state index in [1.165, 1.54) is 44.4 Å². The van der Waals surface area contributed by atoms with Gasteiger partial charge in [-0.05, 0) is 69.0 Å². The molecule has 6 aromatic rings. The summed E-state index contributed by atoms with van der Waals surface area (Å²) in [4.78, 5) is 0. The van der Waals surface area contributed by atoms with Gasteiger partial charge in [0.05, 0.1) is 0 Å². The summed E-state index contributed by atoms with van der Waals surface area (Å²) in [6.07, 6.45) is 15.5. The fraction of sp³-hybridized carbons (Fsp3) is 0.0698. The summed E-state index contributed by atoms with van der Waals surface area (Å²) in [5.74, 6) is 0.224. The van der Waals surface area contributed by atoms with Crippen LogP contribution >= 0.6 is 0 Å². The van der Waals surface area contributed by atoms with E-state index in [1.807, 2.05) is 0 Å². The van der Waals surface area contributed by atoms with E-state index < -0.39 is 0 Å². The Morgan fingerprint density at radius 1 is 0.727 bits per heavy atom. The fourth-order valence-corrected chi connectivity index (χ4v) is 7.18. The van der Waals surface area contributed by atoms with Gasteiger partial charge < -0.3 is 4.42 Å². The number of furan rings is 1. The van der Waals surface area contributed by atoms with Crippen molar-refractivity contribution in [3.05, 3.63) is 186 Å². The molecule has 0 saturated carbocycles. The molecule has 2 aliphatic rings. The van der Waals surface area contributed by atoms with E-state index in [0.717, 1.165) is 32.9 Å². The first-order valence-electron chi connectivity index (χ1n) is 15.3. The molecule has 2 atom stereocenters. The van der Waals surface area contributed by atoms with Gasteiger partial charge in [0.25, 0.3) is 0 Å². The lowest BCUT2D eigenvalue weighted by Gasteiger charge is -2.38.